The molecule has 34 heavy (non-hydrogen) atoms. The van der Waals surface area contributed by atoms with Gasteiger partial charge in [0.05, 0.1) is 10.7 Å². The highest BCUT2D eigenvalue weighted by molar-refractivity contribution is 8.01. The molecule has 3 aromatic rings. The van der Waals surface area contributed by atoms with E-state index in [2.05, 4.69) is 17.2 Å². The van der Waals surface area contributed by atoms with Crippen molar-refractivity contribution < 1.29 is 14.7 Å². The Morgan fingerprint density at radius 1 is 1.12 bits per heavy atom. The molecule has 0 bridgehead atoms. The number of nitrogens with zero attached hydrogens (tertiary/aromatic N) is 2. The number of rotatable bonds is 10. The average molecular weight is 520 g/mol. The molecule has 0 fully saturated rings. The lowest BCUT2D eigenvalue weighted by molar-refractivity contribution is -0.138. The summed E-state index contributed by atoms with van der Waals surface area (Å²) in [7, 11) is 0. The average Bonchev–Trinajstić information content (AvgIpc) is 3.20. The monoisotopic (exact) mass is 519 g/mol. The number of nitrogens with one attached hydrogen (secondary N) is 1. The van der Waals surface area contributed by atoms with Crippen LogP contribution < -0.4 is 5.32 Å². The van der Waals surface area contributed by atoms with Gasteiger partial charge in [-0.25, -0.2) is 4.98 Å². The first kappa shape index (κ1) is 26.1. The summed E-state index contributed by atoms with van der Waals surface area (Å²) in [5.74, 6) is -0.558. The summed E-state index contributed by atoms with van der Waals surface area (Å²) in [5.41, 5.74) is 1.58. The van der Waals surface area contributed by atoms with E-state index >= 15 is 0 Å². The van der Waals surface area contributed by atoms with Crippen LogP contribution in [-0.4, -0.2) is 31.3 Å². The summed E-state index contributed by atoms with van der Waals surface area (Å²) in [6, 6.07) is 12.4. The second kappa shape index (κ2) is 11.3. The molecule has 3 rings (SSSR count). The standard InChI is InChI=1S/C25H27Cl2N3O3S/c1-4-5-6-13-30-15-21(23(31)29-20-12-9-17(26)14-19(20)27)28-22(30)16-7-10-18(11-8-16)34-25(2,3)24(32)33/h7-12,14-15H,4-6,13H2,1-3H3,(H,29,31)(H,32,33). The highest BCUT2D eigenvalue weighted by Crippen LogP contribution is 2.34. The number of carbonyl (C=O) groups excluding carboxylic acids is 1. The SMILES string of the molecule is CCCCCn1cc(C(=O)Nc2ccc(Cl)cc2Cl)nc1-c1ccc(SC(C)(C)C(=O)O)cc1. The van der Waals surface area contributed by atoms with E-state index in [0.29, 0.717) is 21.6 Å². The largest absolute Gasteiger partial charge is 0.480 e. The Labute approximate surface area is 213 Å². The number of thioether (sulfide) groups is 1. The van der Waals surface area contributed by atoms with Crippen LogP contribution in [0, 0.1) is 0 Å². The minimum Gasteiger partial charge on any atom is -0.480 e. The van der Waals surface area contributed by atoms with E-state index in [-0.39, 0.29) is 11.6 Å². The lowest BCUT2D eigenvalue weighted by Crippen LogP contribution is -2.26. The van der Waals surface area contributed by atoms with E-state index in [1.807, 2.05) is 28.8 Å². The topological polar surface area (TPSA) is 84.2 Å². The number of carbonyl (C=O) groups is 2. The van der Waals surface area contributed by atoms with Gasteiger partial charge < -0.3 is 15.0 Å². The molecule has 0 radical (unpaired) electrons. The summed E-state index contributed by atoms with van der Waals surface area (Å²) in [4.78, 5) is 29.8. The maximum absolute atomic E-state index is 12.9. The van der Waals surface area contributed by atoms with Crippen LogP contribution in [0.5, 0.6) is 0 Å². The van der Waals surface area contributed by atoms with Crippen molar-refractivity contribution in [3.63, 3.8) is 0 Å². The number of halogens is 2. The Morgan fingerprint density at radius 2 is 1.82 bits per heavy atom. The molecule has 0 aliphatic rings. The molecule has 0 saturated heterocycles. The molecule has 1 aromatic heterocycles. The van der Waals surface area contributed by atoms with E-state index in [4.69, 9.17) is 23.2 Å². The summed E-state index contributed by atoms with van der Waals surface area (Å²) < 4.78 is 1.05. The van der Waals surface area contributed by atoms with Gasteiger partial charge in [0.25, 0.3) is 5.91 Å². The van der Waals surface area contributed by atoms with Crippen LogP contribution in [0.3, 0.4) is 0 Å². The number of carboxylic acids is 1. The Kier molecular flexibility index (Phi) is 8.68. The van der Waals surface area contributed by atoms with Crippen molar-refractivity contribution in [3.05, 3.63) is 64.4 Å². The van der Waals surface area contributed by atoms with Crippen LogP contribution >= 0.6 is 35.0 Å². The molecule has 1 amide bonds. The van der Waals surface area contributed by atoms with Crippen LogP contribution in [0.15, 0.2) is 53.6 Å². The van der Waals surface area contributed by atoms with Crippen LogP contribution in [0.4, 0.5) is 5.69 Å². The summed E-state index contributed by atoms with van der Waals surface area (Å²) in [6.07, 6.45) is 4.86. The number of unbranched alkanes of at least 4 members (excludes halogenated alkanes) is 2. The van der Waals surface area contributed by atoms with Crippen LogP contribution in [0.2, 0.25) is 10.0 Å². The molecule has 0 spiro atoms. The van der Waals surface area contributed by atoms with Gasteiger partial charge in [-0.2, -0.15) is 0 Å². The molecule has 9 heteroatoms. The summed E-state index contributed by atoms with van der Waals surface area (Å²) in [5, 5.41) is 13.0. The highest BCUT2D eigenvalue weighted by Gasteiger charge is 2.28. The minimum absolute atomic E-state index is 0.281. The number of aliphatic carboxylic acids is 1. The number of imidazole rings is 1. The van der Waals surface area contributed by atoms with E-state index in [1.54, 1.807) is 38.2 Å². The first-order valence-corrected chi connectivity index (χ1v) is 12.5. The van der Waals surface area contributed by atoms with Gasteiger partial charge in [0.1, 0.15) is 16.3 Å². The Morgan fingerprint density at radius 3 is 2.44 bits per heavy atom. The van der Waals surface area contributed by atoms with Crippen molar-refractivity contribution in [2.45, 2.75) is 56.2 Å². The summed E-state index contributed by atoms with van der Waals surface area (Å²) >= 11 is 13.4. The van der Waals surface area contributed by atoms with Crippen molar-refractivity contribution >= 4 is 52.5 Å². The van der Waals surface area contributed by atoms with Crippen molar-refractivity contribution in [2.24, 2.45) is 0 Å². The van der Waals surface area contributed by atoms with Crippen molar-refractivity contribution in [3.8, 4) is 11.4 Å². The van der Waals surface area contributed by atoms with Crippen LogP contribution in [-0.2, 0) is 11.3 Å². The molecule has 0 atom stereocenters. The fourth-order valence-electron chi connectivity index (χ4n) is 3.25. The quantitative estimate of drug-likeness (QED) is 0.217. The van der Waals surface area contributed by atoms with Crippen LogP contribution in [0.25, 0.3) is 11.4 Å². The van der Waals surface area contributed by atoms with Gasteiger partial charge in [-0.15, -0.1) is 11.8 Å². The van der Waals surface area contributed by atoms with E-state index in [0.717, 1.165) is 36.3 Å². The second-order valence-corrected chi connectivity index (χ2v) is 10.9. The maximum Gasteiger partial charge on any atom is 0.319 e. The number of benzene rings is 2. The van der Waals surface area contributed by atoms with Crippen molar-refractivity contribution in [2.75, 3.05) is 5.32 Å². The number of carboxylic acid groups (broad SMARTS) is 1. The van der Waals surface area contributed by atoms with Gasteiger partial charge in [0.2, 0.25) is 0 Å². The maximum atomic E-state index is 12.9. The zero-order chi connectivity index (χ0) is 24.9. The van der Waals surface area contributed by atoms with Crippen LogP contribution in [0.1, 0.15) is 50.5 Å². The number of aromatic nitrogens is 2. The third kappa shape index (κ3) is 6.56. The molecule has 0 aliphatic heterocycles. The van der Waals surface area contributed by atoms with Crippen molar-refractivity contribution in [1.29, 1.82) is 0 Å². The molecule has 0 saturated carbocycles. The minimum atomic E-state index is -0.936. The third-order valence-electron chi connectivity index (χ3n) is 5.19. The number of aryl methyl sites for hydroxylation is 1. The zero-order valence-electron chi connectivity index (χ0n) is 19.3. The molecule has 0 unspecified atom stereocenters. The number of hydrogen-bond acceptors (Lipinski definition) is 4. The fourth-order valence-corrected chi connectivity index (χ4v) is 4.65. The third-order valence-corrected chi connectivity index (χ3v) is 6.93. The van der Waals surface area contributed by atoms with Gasteiger partial charge in [-0.3, -0.25) is 9.59 Å². The predicted molar refractivity (Wildman–Crippen MR) is 139 cm³/mol. The van der Waals surface area contributed by atoms with Gasteiger partial charge >= 0.3 is 5.97 Å². The molecule has 180 valence electrons. The van der Waals surface area contributed by atoms with E-state index in [1.165, 1.54) is 11.8 Å². The Bertz CT molecular complexity index is 1180. The predicted octanol–water partition coefficient (Wildman–Crippen LogP) is 7.25. The van der Waals surface area contributed by atoms with E-state index < -0.39 is 10.7 Å². The first-order valence-electron chi connectivity index (χ1n) is 11.0. The molecule has 0 aliphatic carbocycles. The molecular formula is C25H27Cl2N3O3S. The number of hydrogen-bond donors (Lipinski definition) is 2. The van der Waals surface area contributed by atoms with Gasteiger partial charge in [0.15, 0.2) is 0 Å². The molecular weight excluding hydrogens is 493 g/mol. The van der Waals surface area contributed by atoms with Gasteiger partial charge in [-0.1, -0.05) is 55.1 Å². The molecule has 2 aromatic carbocycles. The summed E-state index contributed by atoms with van der Waals surface area (Å²) in [6.45, 7) is 6.21. The second-order valence-electron chi connectivity index (χ2n) is 8.37. The normalized spacial score (nSPS) is 11.4. The lowest BCUT2D eigenvalue weighted by atomic mass is 10.2. The smallest absolute Gasteiger partial charge is 0.319 e. The Balaban J connectivity index is 1.87. The highest BCUT2D eigenvalue weighted by atomic mass is 35.5. The van der Waals surface area contributed by atoms with Crippen molar-refractivity contribution in [1.82, 2.24) is 9.55 Å². The Hall–Kier alpha value is -2.48. The van der Waals surface area contributed by atoms with E-state index in [9.17, 15) is 14.7 Å². The van der Waals surface area contributed by atoms with Gasteiger partial charge in [-0.05, 0) is 50.6 Å². The zero-order valence-corrected chi connectivity index (χ0v) is 21.6. The number of amides is 1. The fraction of sp³-hybridized carbons (Fsp3) is 0.320. The first-order chi connectivity index (χ1) is 16.1. The molecule has 6 nitrogen and oxygen atoms in total. The number of anilines is 1. The molecule has 1 heterocycles. The van der Waals surface area contributed by atoms with Gasteiger partial charge in [0, 0.05) is 28.2 Å². The lowest BCUT2D eigenvalue weighted by Gasteiger charge is -2.18. The molecule has 2 N–H and O–H groups in total.